The summed E-state index contributed by atoms with van der Waals surface area (Å²) in [5, 5.41) is 14.4. The first-order valence-electron chi connectivity index (χ1n) is 9.37. The largest absolute Gasteiger partial charge is 0.433 e. The second-order valence-electron chi connectivity index (χ2n) is 6.75. The van der Waals surface area contributed by atoms with Gasteiger partial charge in [0.1, 0.15) is 9.92 Å². The minimum Gasteiger partial charge on any atom is -0.400 e. The van der Waals surface area contributed by atoms with Crippen LogP contribution in [0.1, 0.15) is 45.0 Å². The molecule has 0 radical (unpaired) electrons. The fourth-order valence-corrected chi connectivity index (χ4v) is 4.61. The first-order chi connectivity index (χ1) is 14.1. The van der Waals surface area contributed by atoms with E-state index in [0.29, 0.717) is 17.1 Å². The van der Waals surface area contributed by atoms with Gasteiger partial charge in [-0.1, -0.05) is 30.3 Å². The fraction of sp³-hybridized carbons (Fsp3) is 0.238. The van der Waals surface area contributed by atoms with Crippen LogP contribution in [0.25, 0.3) is 0 Å². The molecule has 0 fully saturated rings. The van der Waals surface area contributed by atoms with Crippen molar-refractivity contribution in [2.75, 3.05) is 0 Å². The molecular weight excluding hydrogens is 390 g/mol. The maximum Gasteiger partial charge on any atom is 0.433 e. The Morgan fingerprint density at radius 2 is 2.00 bits per heavy atom. The Hall–Kier alpha value is -3.26. The number of nitrogens with one attached hydrogen (secondary N) is 1. The van der Waals surface area contributed by atoms with Crippen LogP contribution in [0.3, 0.4) is 0 Å². The molecular formula is C21H19N3O4S. The van der Waals surface area contributed by atoms with Gasteiger partial charge in [-0.05, 0) is 42.9 Å². The number of thiophene rings is 1. The topological polar surface area (TPSA) is 97.7 Å². The van der Waals surface area contributed by atoms with Gasteiger partial charge in [-0.2, -0.15) is 0 Å². The van der Waals surface area contributed by atoms with E-state index in [1.807, 2.05) is 30.3 Å². The Kier molecular flexibility index (Phi) is 5.53. The molecule has 2 heterocycles. The summed E-state index contributed by atoms with van der Waals surface area (Å²) < 4.78 is 5.13. The summed E-state index contributed by atoms with van der Waals surface area (Å²) in [6.07, 6.45) is 5.39. The second kappa shape index (κ2) is 8.40. The van der Waals surface area contributed by atoms with Crippen molar-refractivity contribution < 1.29 is 14.1 Å². The highest BCUT2D eigenvalue weighted by Crippen LogP contribution is 2.40. The zero-order valence-corrected chi connectivity index (χ0v) is 16.4. The Morgan fingerprint density at radius 1 is 1.21 bits per heavy atom. The Balaban J connectivity index is 1.59. The van der Waals surface area contributed by atoms with Gasteiger partial charge >= 0.3 is 5.88 Å². The zero-order valence-electron chi connectivity index (χ0n) is 15.6. The number of carbonyl (C=O) groups is 1. The summed E-state index contributed by atoms with van der Waals surface area (Å²) in [7, 11) is 0. The van der Waals surface area contributed by atoms with Gasteiger partial charge in [-0.3, -0.25) is 14.9 Å². The van der Waals surface area contributed by atoms with E-state index in [2.05, 4.69) is 10.3 Å². The number of carbonyl (C=O) groups excluding carboxylic acids is 1. The van der Waals surface area contributed by atoms with Crippen LogP contribution in [0.2, 0.25) is 0 Å². The minimum atomic E-state index is -0.594. The van der Waals surface area contributed by atoms with Gasteiger partial charge in [0.05, 0.1) is 17.8 Å². The Bertz CT molecular complexity index is 1070. The van der Waals surface area contributed by atoms with Crippen LogP contribution < -0.4 is 5.32 Å². The predicted octanol–water partition coefficient (Wildman–Crippen LogP) is 4.81. The quantitative estimate of drug-likeness (QED) is 0.359. The van der Waals surface area contributed by atoms with Crippen LogP contribution in [0, 0.1) is 10.1 Å². The number of nitrogens with zero attached hydrogens (tertiary/aromatic N) is 2. The average Bonchev–Trinajstić information content (AvgIpc) is 3.36. The SMILES string of the molecule is O=C(NCc1ccccc1)c1c(/N=C\c2ccc([N+](=O)[O-])o2)sc2c1CCCC2. The van der Waals surface area contributed by atoms with Gasteiger partial charge in [-0.15, -0.1) is 11.3 Å². The molecule has 4 rings (SSSR count). The van der Waals surface area contributed by atoms with Crippen molar-refractivity contribution in [3.05, 3.63) is 79.9 Å². The molecule has 0 unspecified atom stereocenters. The number of hydrogen-bond donors (Lipinski definition) is 1. The lowest BCUT2D eigenvalue weighted by atomic mass is 9.95. The Morgan fingerprint density at radius 3 is 2.76 bits per heavy atom. The third-order valence-electron chi connectivity index (χ3n) is 4.78. The molecule has 0 aliphatic heterocycles. The van der Waals surface area contributed by atoms with Crippen LogP contribution in [0.4, 0.5) is 10.9 Å². The van der Waals surface area contributed by atoms with E-state index in [-0.39, 0.29) is 17.6 Å². The molecule has 2 aromatic heterocycles. The van der Waals surface area contributed by atoms with Crippen LogP contribution in [-0.4, -0.2) is 17.0 Å². The highest BCUT2D eigenvalue weighted by atomic mass is 32.1. The summed E-state index contributed by atoms with van der Waals surface area (Å²) >= 11 is 1.51. The molecule has 0 saturated heterocycles. The maximum absolute atomic E-state index is 13.0. The lowest BCUT2D eigenvalue weighted by molar-refractivity contribution is -0.402. The summed E-state index contributed by atoms with van der Waals surface area (Å²) in [4.78, 5) is 28.8. The molecule has 8 heteroatoms. The van der Waals surface area contributed by atoms with Crippen molar-refractivity contribution in [1.82, 2.24) is 5.32 Å². The van der Waals surface area contributed by atoms with Crippen LogP contribution in [-0.2, 0) is 19.4 Å². The minimum absolute atomic E-state index is 0.147. The van der Waals surface area contributed by atoms with Crippen molar-refractivity contribution >= 4 is 34.3 Å². The van der Waals surface area contributed by atoms with E-state index in [1.165, 1.54) is 34.6 Å². The van der Waals surface area contributed by atoms with Crippen molar-refractivity contribution in [3.8, 4) is 0 Å². The average molecular weight is 409 g/mol. The number of aryl methyl sites for hydroxylation is 1. The number of benzene rings is 1. The molecule has 0 bridgehead atoms. The summed E-state index contributed by atoms with van der Waals surface area (Å²) in [5.41, 5.74) is 2.71. The number of rotatable bonds is 6. The highest BCUT2D eigenvalue weighted by Gasteiger charge is 2.25. The van der Waals surface area contributed by atoms with Crippen molar-refractivity contribution in [1.29, 1.82) is 0 Å². The molecule has 29 heavy (non-hydrogen) atoms. The molecule has 1 N–H and O–H groups in total. The zero-order chi connectivity index (χ0) is 20.2. The molecule has 7 nitrogen and oxygen atoms in total. The van der Waals surface area contributed by atoms with E-state index in [9.17, 15) is 14.9 Å². The first kappa shape index (κ1) is 19.1. The monoisotopic (exact) mass is 409 g/mol. The lowest BCUT2D eigenvalue weighted by Crippen LogP contribution is -2.24. The van der Waals surface area contributed by atoms with Gasteiger partial charge in [0.15, 0.2) is 5.76 Å². The summed E-state index contributed by atoms with van der Waals surface area (Å²) in [6.45, 7) is 0.442. The van der Waals surface area contributed by atoms with Gasteiger partial charge in [-0.25, -0.2) is 4.99 Å². The number of amides is 1. The third-order valence-corrected chi connectivity index (χ3v) is 5.98. The molecule has 1 aliphatic carbocycles. The van der Waals surface area contributed by atoms with Gasteiger partial charge in [0, 0.05) is 11.4 Å². The predicted molar refractivity (Wildman–Crippen MR) is 111 cm³/mol. The molecule has 1 aliphatic rings. The fourth-order valence-electron chi connectivity index (χ4n) is 3.38. The van der Waals surface area contributed by atoms with E-state index < -0.39 is 4.92 Å². The third kappa shape index (κ3) is 4.27. The first-order valence-corrected chi connectivity index (χ1v) is 10.2. The molecule has 1 aromatic carbocycles. The molecule has 0 spiro atoms. The van der Waals surface area contributed by atoms with E-state index >= 15 is 0 Å². The van der Waals surface area contributed by atoms with Crippen LogP contribution in [0.5, 0.6) is 0 Å². The summed E-state index contributed by atoms with van der Waals surface area (Å²) in [5.74, 6) is -0.206. The van der Waals surface area contributed by atoms with E-state index in [4.69, 9.17) is 4.42 Å². The number of fused-ring (bicyclic) bond motifs is 1. The number of hydrogen-bond acceptors (Lipinski definition) is 6. The molecule has 1 amide bonds. The maximum atomic E-state index is 13.0. The highest BCUT2D eigenvalue weighted by molar-refractivity contribution is 7.16. The standard InChI is InChI=1S/C21H19N3O4S/c25-20(22-12-14-6-2-1-3-7-14)19-16-8-4-5-9-17(16)29-21(19)23-13-15-10-11-18(28-15)24(26)27/h1-3,6-7,10-11,13H,4-5,8-9,12H2,(H,22,25)/b23-13-. The number of aliphatic imine (C=N–C) groups is 1. The number of furan rings is 1. The van der Waals surface area contributed by atoms with Gasteiger partial charge < -0.3 is 9.73 Å². The summed E-state index contributed by atoms with van der Waals surface area (Å²) in [6, 6.07) is 12.5. The van der Waals surface area contributed by atoms with Gasteiger partial charge in [0.25, 0.3) is 5.91 Å². The Labute approximate surface area is 171 Å². The van der Waals surface area contributed by atoms with Crippen LogP contribution >= 0.6 is 11.3 Å². The normalized spacial score (nSPS) is 13.4. The van der Waals surface area contributed by atoms with Crippen molar-refractivity contribution in [2.24, 2.45) is 4.99 Å². The molecule has 0 atom stereocenters. The smallest absolute Gasteiger partial charge is 0.400 e. The van der Waals surface area contributed by atoms with Crippen molar-refractivity contribution in [2.45, 2.75) is 32.2 Å². The van der Waals surface area contributed by atoms with E-state index in [0.717, 1.165) is 36.8 Å². The van der Waals surface area contributed by atoms with Crippen molar-refractivity contribution in [3.63, 3.8) is 0 Å². The number of nitro groups is 1. The molecule has 148 valence electrons. The van der Waals surface area contributed by atoms with E-state index in [1.54, 1.807) is 0 Å². The molecule has 0 saturated carbocycles. The second-order valence-corrected chi connectivity index (χ2v) is 7.83. The van der Waals surface area contributed by atoms with Crippen LogP contribution in [0.15, 0.2) is 51.9 Å². The molecule has 3 aromatic rings. The van der Waals surface area contributed by atoms with Gasteiger partial charge in [0.2, 0.25) is 0 Å². The lowest BCUT2D eigenvalue weighted by Gasteiger charge is -2.12.